The van der Waals surface area contributed by atoms with Gasteiger partial charge in [0.25, 0.3) is 11.8 Å². The smallest absolute Gasteiger partial charge is 0.306 e. The lowest BCUT2D eigenvalue weighted by Gasteiger charge is -2.23. The first-order valence-electron chi connectivity index (χ1n) is 6.62. The minimum absolute atomic E-state index is 0.190. The lowest BCUT2D eigenvalue weighted by atomic mass is 10.1. The van der Waals surface area contributed by atoms with E-state index in [1.165, 1.54) is 12.2 Å². The number of allylic oxidation sites excluding steroid dienone is 2. The lowest BCUT2D eigenvalue weighted by Crippen LogP contribution is -2.34. The van der Waals surface area contributed by atoms with Gasteiger partial charge in [-0.3, -0.25) is 19.3 Å². The molecule has 0 radical (unpaired) electrons. The predicted molar refractivity (Wildman–Crippen MR) is 72.5 cm³/mol. The van der Waals surface area contributed by atoms with Crippen molar-refractivity contribution >= 4 is 17.8 Å². The summed E-state index contributed by atoms with van der Waals surface area (Å²) in [4.78, 5) is 36.4. The van der Waals surface area contributed by atoms with E-state index in [0.29, 0.717) is 12.8 Å². The highest BCUT2D eigenvalue weighted by molar-refractivity contribution is 6.24. The SMILES string of the molecule is C=C/C=C1\C(=C)C(=O)N(CCC2CCCC(=O)O2)C1=O. The normalized spacial score (nSPS) is 25.3. The van der Waals surface area contributed by atoms with Crippen molar-refractivity contribution in [3.05, 3.63) is 36.5 Å². The molecule has 5 nitrogen and oxygen atoms in total. The van der Waals surface area contributed by atoms with Crippen LogP contribution in [0.15, 0.2) is 36.5 Å². The second kappa shape index (κ2) is 5.86. The Kier molecular flexibility index (Phi) is 4.17. The summed E-state index contributed by atoms with van der Waals surface area (Å²) in [6.07, 6.45) is 5.22. The third kappa shape index (κ3) is 2.71. The highest BCUT2D eigenvalue weighted by atomic mass is 16.5. The van der Waals surface area contributed by atoms with Crippen molar-refractivity contribution in [1.82, 2.24) is 4.90 Å². The van der Waals surface area contributed by atoms with Crippen LogP contribution in [0.4, 0.5) is 0 Å². The summed E-state index contributed by atoms with van der Waals surface area (Å²) >= 11 is 0. The van der Waals surface area contributed by atoms with Crippen LogP contribution in [0.1, 0.15) is 25.7 Å². The van der Waals surface area contributed by atoms with Gasteiger partial charge in [-0.15, -0.1) is 0 Å². The summed E-state index contributed by atoms with van der Waals surface area (Å²) in [6, 6.07) is 0. The predicted octanol–water partition coefficient (Wildman–Crippen LogP) is 1.51. The van der Waals surface area contributed by atoms with Crippen LogP contribution in [0.25, 0.3) is 0 Å². The highest BCUT2D eigenvalue weighted by Crippen LogP contribution is 2.25. The second-order valence-electron chi connectivity index (χ2n) is 4.85. The zero-order valence-electron chi connectivity index (χ0n) is 11.3. The molecule has 0 spiro atoms. The van der Waals surface area contributed by atoms with Crippen LogP contribution in [0, 0.1) is 0 Å². The molecule has 20 heavy (non-hydrogen) atoms. The van der Waals surface area contributed by atoms with Gasteiger partial charge in [0.1, 0.15) is 6.10 Å². The van der Waals surface area contributed by atoms with E-state index in [1.807, 2.05) is 0 Å². The van der Waals surface area contributed by atoms with E-state index in [0.717, 1.165) is 17.7 Å². The quantitative estimate of drug-likeness (QED) is 0.443. The van der Waals surface area contributed by atoms with Crippen LogP contribution in [0.5, 0.6) is 0 Å². The van der Waals surface area contributed by atoms with Crippen molar-refractivity contribution in [2.24, 2.45) is 0 Å². The number of ether oxygens (including phenoxy) is 1. The van der Waals surface area contributed by atoms with Crippen molar-refractivity contribution in [3.8, 4) is 0 Å². The second-order valence-corrected chi connectivity index (χ2v) is 4.85. The van der Waals surface area contributed by atoms with Crippen LogP contribution in [0.2, 0.25) is 0 Å². The Bertz CT molecular complexity index is 518. The Hall–Kier alpha value is -2.17. The Morgan fingerprint density at radius 2 is 2.05 bits per heavy atom. The number of rotatable bonds is 4. The maximum atomic E-state index is 12.1. The number of hydrogen-bond donors (Lipinski definition) is 0. The molecular weight excluding hydrogens is 258 g/mol. The summed E-state index contributed by atoms with van der Waals surface area (Å²) in [7, 11) is 0. The topological polar surface area (TPSA) is 63.7 Å². The zero-order chi connectivity index (χ0) is 14.7. The molecule has 0 N–H and O–H groups in total. The van der Waals surface area contributed by atoms with E-state index in [2.05, 4.69) is 13.2 Å². The Balaban J connectivity index is 1.99. The number of carbonyl (C=O) groups is 3. The van der Waals surface area contributed by atoms with Gasteiger partial charge in [-0.05, 0) is 18.9 Å². The maximum Gasteiger partial charge on any atom is 0.306 e. The molecule has 1 unspecified atom stereocenters. The van der Waals surface area contributed by atoms with Gasteiger partial charge in [-0.2, -0.15) is 0 Å². The summed E-state index contributed by atoms with van der Waals surface area (Å²) in [6.45, 7) is 7.38. The average Bonchev–Trinajstić information content (AvgIpc) is 2.62. The molecule has 0 bridgehead atoms. The third-order valence-electron chi connectivity index (χ3n) is 3.47. The molecule has 2 fully saturated rings. The average molecular weight is 275 g/mol. The van der Waals surface area contributed by atoms with Crippen LogP contribution in [-0.4, -0.2) is 35.3 Å². The van der Waals surface area contributed by atoms with Crippen molar-refractivity contribution in [1.29, 1.82) is 0 Å². The number of esters is 1. The van der Waals surface area contributed by atoms with Crippen LogP contribution < -0.4 is 0 Å². The largest absolute Gasteiger partial charge is 0.462 e. The van der Waals surface area contributed by atoms with Crippen LogP contribution in [0.3, 0.4) is 0 Å². The highest BCUT2D eigenvalue weighted by Gasteiger charge is 2.37. The Morgan fingerprint density at radius 1 is 1.30 bits per heavy atom. The molecule has 1 atom stereocenters. The van der Waals surface area contributed by atoms with Gasteiger partial charge in [-0.25, -0.2) is 0 Å². The van der Waals surface area contributed by atoms with E-state index in [-0.39, 0.29) is 41.6 Å². The third-order valence-corrected chi connectivity index (χ3v) is 3.47. The molecular formula is C15H17NO4. The van der Waals surface area contributed by atoms with E-state index in [1.54, 1.807) is 0 Å². The molecule has 2 saturated heterocycles. The molecule has 106 valence electrons. The van der Waals surface area contributed by atoms with Gasteiger partial charge in [0, 0.05) is 25.0 Å². The molecule has 2 aliphatic heterocycles. The first kappa shape index (κ1) is 14.2. The molecule has 2 amide bonds. The number of amides is 2. The number of likely N-dealkylation sites (tertiary alicyclic amines) is 1. The molecule has 0 saturated carbocycles. The minimum atomic E-state index is -0.384. The number of imide groups is 1. The lowest BCUT2D eigenvalue weighted by molar-refractivity contribution is -0.154. The number of cyclic esters (lactones) is 1. The summed E-state index contributed by atoms with van der Waals surface area (Å²) in [5, 5.41) is 0. The van der Waals surface area contributed by atoms with Gasteiger partial charge >= 0.3 is 5.97 Å². The molecule has 5 heteroatoms. The molecule has 2 aliphatic rings. The van der Waals surface area contributed by atoms with Gasteiger partial charge < -0.3 is 4.74 Å². The van der Waals surface area contributed by atoms with Crippen LogP contribution in [-0.2, 0) is 19.1 Å². The fourth-order valence-corrected chi connectivity index (χ4v) is 2.39. The molecule has 0 aromatic carbocycles. The van der Waals surface area contributed by atoms with Crippen molar-refractivity contribution in [3.63, 3.8) is 0 Å². The molecule has 2 heterocycles. The standard InChI is InChI=1S/C15H17NO4/c1-3-5-12-10(2)14(18)16(15(12)19)9-8-11-6-4-7-13(17)20-11/h3,5,11H,1-2,4,6-9H2/b12-5+. The van der Waals surface area contributed by atoms with Gasteiger partial charge in [0.2, 0.25) is 0 Å². The van der Waals surface area contributed by atoms with Gasteiger partial charge in [0.15, 0.2) is 0 Å². The zero-order valence-corrected chi connectivity index (χ0v) is 11.3. The van der Waals surface area contributed by atoms with Crippen molar-refractivity contribution < 1.29 is 19.1 Å². The Morgan fingerprint density at radius 3 is 2.70 bits per heavy atom. The van der Waals surface area contributed by atoms with E-state index in [4.69, 9.17) is 4.74 Å². The fraction of sp³-hybridized carbons (Fsp3) is 0.400. The van der Waals surface area contributed by atoms with E-state index in [9.17, 15) is 14.4 Å². The number of hydrogen-bond acceptors (Lipinski definition) is 4. The maximum absolute atomic E-state index is 12.1. The van der Waals surface area contributed by atoms with E-state index < -0.39 is 0 Å². The molecule has 0 aliphatic carbocycles. The van der Waals surface area contributed by atoms with Crippen molar-refractivity contribution in [2.75, 3.05) is 6.54 Å². The molecule has 0 aromatic rings. The summed E-state index contributed by atoms with van der Waals surface area (Å²) in [5.74, 6) is -0.954. The summed E-state index contributed by atoms with van der Waals surface area (Å²) in [5.41, 5.74) is 0.473. The van der Waals surface area contributed by atoms with Crippen LogP contribution >= 0.6 is 0 Å². The molecule has 0 aromatic heterocycles. The monoisotopic (exact) mass is 275 g/mol. The Labute approximate surface area is 117 Å². The number of nitrogens with zero attached hydrogens (tertiary/aromatic N) is 1. The summed E-state index contributed by atoms with van der Waals surface area (Å²) < 4.78 is 5.18. The van der Waals surface area contributed by atoms with Crippen molar-refractivity contribution in [2.45, 2.75) is 31.8 Å². The van der Waals surface area contributed by atoms with Gasteiger partial charge in [-0.1, -0.05) is 19.2 Å². The first-order valence-corrected chi connectivity index (χ1v) is 6.62. The van der Waals surface area contributed by atoms with Gasteiger partial charge in [0.05, 0.1) is 5.57 Å². The van der Waals surface area contributed by atoms with E-state index >= 15 is 0 Å². The molecule has 2 rings (SSSR count). The first-order chi connectivity index (χ1) is 9.54. The minimum Gasteiger partial charge on any atom is -0.462 e. The fourth-order valence-electron chi connectivity index (χ4n) is 2.39. The number of carbonyl (C=O) groups excluding carboxylic acids is 3.